The summed E-state index contributed by atoms with van der Waals surface area (Å²) in [5.74, 6) is 4.98. The van der Waals surface area contributed by atoms with E-state index in [2.05, 4.69) is 51.7 Å². The molecular formula is C20H14Co2O9. The zero-order valence-electron chi connectivity index (χ0n) is 15.5. The maximum Gasteiger partial charge on any atom is 0 e. The molecule has 0 unspecified atom stereocenters. The van der Waals surface area contributed by atoms with Gasteiger partial charge in [-0.05, 0) is 18.8 Å². The van der Waals surface area contributed by atoms with Gasteiger partial charge in [-0.15, -0.1) is 0 Å². The number of rotatable bonds is 1. The number of ketones is 1. The molecule has 31 heavy (non-hydrogen) atoms. The van der Waals surface area contributed by atoms with Gasteiger partial charge in [0.15, 0.2) is 0 Å². The second-order valence-electron chi connectivity index (χ2n) is 3.97. The first-order chi connectivity index (χ1) is 14.3. The zero-order chi connectivity index (χ0) is 24.1. The van der Waals surface area contributed by atoms with Crippen LogP contribution in [0.3, 0.4) is 0 Å². The number of Topliss-reactive ketones (excluding diaryl/α,β-unsaturated/α-hetero) is 1. The van der Waals surface area contributed by atoms with Crippen LogP contribution in [-0.4, -0.2) is 29.7 Å². The Kier molecular flexibility index (Phi) is 69.8. The molecule has 2 atom stereocenters. The third-order valence-electron chi connectivity index (χ3n) is 2.66. The van der Waals surface area contributed by atoms with Crippen molar-refractivity contribution in [3.8, 4) is 11.8 Å². The predicted molar refractivity (Wildman–Crippen MR) is 87.1 cm³/mol. The number of carbonyl (C=O) groups is 1. The van der Waals surface area contributed by atoms with E-state index in [-0.39, 0.29) is 39.3 Å². The Morgan fingerprint density at radius 3 is 1.68 bits per heavy atom. The molecule has 1 aliphatic rings. The van der Waals surface area contributed by atoms with Gasteiger partial charge in [0.05, 0.1) is 6.10 Å². The molecule has 1 N–H and O–H groups in total. The van der Waals surface area contributed by atoms with E-state index in [0.29, 0.717) is 18.6 Å². The molecule has 0 amide bonds. The summed E-state index contributed by atoms with van der Waals surface area (Å²) in [5, 5.41) is 9.61. The number of ether oxygens (including phenoxy) is 1. The predicted octanol–water partition coefficient (Wildman–Crippen LogP) is 1.18. The van der Waals surface area contributed by atoms with Gasteiger partial charge in [0, 0.05) is 45.7 Å². The van der Waals surface area contributed by atoms with Gasteiger partial charge in [0.25, 0.3) is 0 Å². The third-order valence-corrected chi connectivity index (χ3v) is 2.66. The fourth-order valence-electron chi connectivity index (χ4n) is 1.70. The number of benzene rings is 1. The molecule has 2 rings (SSSR count). The second-order valence-corrected chi connectivity index (χ2v) is 3.97. The average Bonchev–Trinajstić information content (AvgIpc) is 2.86. The molecule has 1 aromatic carbocycles. The van der Waals surface area contributed by atoms with E-state index in [1.165, 1.54) is 0 Å². The average molecular weight is 516 g/mol. The molecule has 2 radical (unpaired) electrons. The van der Waals surface area contributed by atoms with Crippen molar-refractivity contribution < 1.29 is 76.1 Å². The molecule has 0 bridgehead atoms. The topological polar surface area (TPSA) is 166 Å². The summed E-state index contributed by atoms with van der Waals surface area (Å²) in [6, 6.07) is 8.87. The molecule has 0 saturated carbocycles. The van der Waals surface area contributed by atoms with E-state index in [0.717, 1.165) is 6.42 Å². The minimum absolute atomic E-state index is 0. The van der Waals surface area contributed by atoms with E-state index in [4.69, 9.17) is 32.6 Å². The van der Waals surface area contributed by atoms with Crippen molar-refractivity contribution in [1.82, 2.24) is 0 Å². The first-order valence-corrected chi connectivity index (χ1v) is 6.90. The molecule has 9 nitrogen and oxygen atoms in total. The molecule has 0 aliphatic carbocycles. The second kappa shape index (κ2) is 46.2. The summed E-state index contributed by atoms with van der Waals surface area (Å²) in [6.07, 6.45) is 0.404. The quantitative estimate of drug-likeness (QED) is 0.195. The van der Waals surface area contributed by atoms with Crippen LogP contribution < -0.4 is 0 Å². The summed E-state index contributed by atoms with van der Waals surface area (Å²) in [6.45, 7) is 27.6. The number of aliphatic hydroxyl groups excluding tert-OH is 1. The van der Waals surface area contributed by atoms with Crippen LogP contribution >= 0.6 is 0 Å². The summed E-state index contributed by atoms with van der Waals surface area (Å²) in [4.78, 5) is 11.7. The Balaban J connectivity index is -0.0000000716. The molecule has 1 heterocycles. The van der Waals surface area contributed by atoms with Crippen molar-refractivity contribution in [3.05, 3.63) is 75.8 Å². The summed E-state index contributed by atoms with van der Waals surface area (Å²) >= 11 is 0. The smallest absolute Gasteiger partial charge is 0 e. The minimum Gasteiger partial charge on any atom is 0 e. The van der Waals surface area contributed by atoms with Crippen molar-refractivity contribution in [1.29, 1.82) is 0 Å². The largest absolute Gasteiger partial charge is 0 e. The van der Waals surface area contributed by atoms with Crippen molar-refractivity contribution in [3.63, 3.8) is 0 Å². The normalized spacial score (nSPS) is 13.3. The molecule has 1 fully saturated rings. The summed E-state index contributed by atoms with van der Waals surface area (Å²) < 4.78 is 50.3. The molecule has 1 saturated heterocycles. The molecule has 11 heteroatoms. The fourth-order valence-corrected chi connectivity index (χ4v) is 1.70. The van der Waals surface area contributed by atoms with Gasteiger partial charge in [-0.3, -0.25) is 4.79 Å². The van der Waals surface area contributed by atoms with Gasteiger partial charge < -0.3 is 9.84 Å². The van der Waals surface area contributed by atoms with Crippen LogP contribution in [0.5, 0.6) is 0 Å². The molecule has 0 spiro atoms. The third kappa shape index (κ3) is 27.8. The van der Waals surface area contributed by atoms with Gasteiger partial charge in [0.2, 0.25) is 5.78 Å². The molecule has 1 aromatic rings. The Labute approximate surface area is 201 Å². The Hall–Kier alpha value is -2.18. The van der Waals surface area contributed by atoms with Gasteiger partial charge in [-0.2, -0.15) is 0 Å². The maximum absolute atomic E-state index is 11.7. The van der Waals surface area contributed by atoms with Crippen LogP contribution in [0.1, 0.15) is 23.2 Å². The summed E-state index contributed by atoms with van der Waals surface area (Å²) in [5.41, 5.74) is 0.560. The van der Waals surface area contributed by atoms with Gasteiger partial charge in [0.1, 0.15) is 6.10 Å². The van der Waals surface area contributed by atoms with Crippen molar-refractivity contribution in [2.75, 3.05) is 6.61 Å². The Bertz CT molecular complexity index is 649. The van der Waals surface area contributed by atoms with Crippen LogP contribution in [0.2, 0.25) is 0 Å². The zero-order valence-corrected chi connectivity index (χ0v) is 17.6. The fraction of sp³-hybridized carbons (Fsp3) is 0.250. The van der Waals surface area contributed by atoms with Gasteiger partial charge in [-0.1, -0.05) is 36.3 Å². The van der Waals surface area contributed by atoms with E-state index >= 15 is 0 Å². The molecular weight excluding hydrogens is 502 g/mol. The van der Waals surface area contributed by atoms with Crippen LogP contribution in [-0.2, 0) is 66.2 Å². The minimum atomic E-state index is -0.583. The van der Waals surface area contributed by atoms with Crippen LogP contribution in [0.15, 0.2) is 30.3 Å². The van der Waals surface area contributed by atoms with Crippen molar-refractivity contribution in [2.24, 2.45) is 0 Å². The SMILES string of the molecule is O=C(C#C[C@@H]1OCCC[C@@H]1O)c1ccccc1.[C-]#[O+].[C-]#[O+].[C-]#[O+].[C-]#[O+].[C-]#[O+].[C-]#[O+].[Co].[Co]. The van der Waals surface area contributed by atoms with Crippen LogP contribution in [0.4, 0.5) is 0 Å². The van der Waals surface area contributed by atoms with E-state index in [9.17, 15) is 9.90 Å². The summed E-state index contributed by atoms with van der Waals surface area (Å²) in [7, 11) is 0. The van der Waals surface area contributed by atoms with E-state index < -0.39 is 12.2 Å². The number of hydrogen-bond donors (Lipinski definition) is 1. The maximum atomic E-state index is 11.7. The number of aliphatic hydroxyl groups is 1. The van der Waals surface area contributed by atoms with Gasteiger partial charge >= 0.3 is 67.8 Å². The van der Waals surface area contributed by atoms with E-state index in [1.807, 2.05) is 6.07 Å². The first-order valence-electron chi connectivity index (χ1n) is 6.90. The van der Waals surface area contributed by atoms with E-state index in [1.54, 1.807) is 24.3 Å². The molecule has 166 valence electrons. The first kappa shape index (κ1) is 46.9. The van der Waals surface area contributed by atoms with Crippen LogP contribution in [0.25, 0.3) is 0 Å². The van der Waals surface area contributed by atoms with Crippen LogP contribution in [0, 0.1) is 51.7 Å². The van der Waals surface area contributed by atoms with Gasteiger partial charge in [-0.25, -0.2) is 0 Å². The Morgan fingerprint density at radius 2 is 1.29 bits per heavy atom. The van der Waals surface area contributed by atoms with Crippen molar-refractivity contribution in [2.45, 2.75) is 25.0 Å². The molecule has 1 aliphatic heterocycles. The monoisotopic (exact) mass is 516 g/mol. The molecule has 0 aromatic heterocycles. The van der Waals surface area contributed by atoms with Crippen molar-refractivity contribution >= 4 is 5.78 Å². The number of carbonyl (C=O) groups excluding carboxylic acids is 1. The number of hydrogen-bond acceptors (Lipinski definition) is 3. The standard InChI is InChI=1S/C14H14O3.6CO.2Co/c15-12(11-5-2-1-3-6-11)8-9-14-13(16)7-4-10-17-14;6*1-2;;/h1-3,5-6,13-14,16H,4,7,10H2;;;;;;;;/t13-,14-;;;;;;;;/m0......../s1. The Morgan fingerprint density at radius 1 is 0.871 bits per heavy atom.